The fraction of sp³-hybridized carbons (Fsp3) is 0.308. The standard InChI is InChI=1S/C13H14BrN3O2S/c1-2-3-12-16-17-13(19-12)20-8-11(18)15-10-6-4-9(14)5-7-10/h4-7H,2-3,8H2,1H3,(H,15,18). The lowest BCUT2D eigenvalue weighted by atomic mass is 10.3. The highest BCUT2D eigenvalue weighted by Gasteiger charge is 2.09. The van der Waals surface area contributed by atoms with Crippen molar-refractivity contribution in [1.29, 1.82) is 0 Å². The van der Waals surface area contributed by atoms with E-state index in [2.05, 4.69) is 31.4 Å². The molecule has 0 radical (unpaired) electrons. The van der Waals surface area contributed by atoms with Crippen molar-refractivity contribution in [2.24, 2.45) is 0 Å². The van der Waals surface area contributed by atoms with Gasteiger partial charge in [-0.2, -0.15) is 0 Å². The highest BCUT2D eigenvalue weighted by Crippen LogP contribution is 2.18. The Balaban J connectivity index is 1.80. The zero-order valence-electron chi connectivity index (χ0n) is 10.9. The van der Waals surface area contributed by atoms with Gasteiger partial charge in [0.25, 0.3) is 5.22 Å². The van der Waals surface area contributed by atoms with E-state index in [9.17, 15) is 4.79 Å². The highest BCUT2D eigenvalue weighted by atomic mass is 79.9. The molecule has 0 saturated heterocycles. The van der Waals surface area contributed by atoms with Crippen molar-refractivity contribution < 1.29 is 9.21 Å². The summed E-state index contributed by atoms with van der Waals surface area (Å²) in [4.78, 5) is 11.8. The van der Waals surface area contributed by atoms with Gasteiger partial charge in [0.15, 0.2) is 0 Å². The third kappa shape index (κ3) is 4.64. The summed E-state index contributed by atoms with van der Waals surface area (Å²) >= 11 is 4.58. The van der Waals surface area contributed by atoms with Crippen LogP contribution < -0.4 is 5.32 Å². The van der Waals surface area contributed by atoms with Gasteiger partial charge in [0.1, 0.15) is 0 Å². The number of hydrogen-bond acceptors (Lipinski definition) is 5. The van der Waals surface area contributed by atoms with Crippen LogP contribution in [0.2, 0.25) is 0 Å². The van der Waals surface area contributed by atoms with E-state index >= 15 is 0 Å². The first kappa shape index (κ1) is 15.1. The number of rotatable bonds is 6. The van der Waals surface area contributed by atoms with Crippen molar-refractivity contribution in [3.8, 4) is 0 Å². The van der Waals surface area contributed by atoms with Crippen molar-refractivity contribution >= 4 is 39.3 Å². The van der Waals surface area contributed by atoms with Crippen LogP contribution in [0.1, 0.15) is 19.2 Å². The molecule has 106 valence electrons. The summed E-state index contributed by atoms with van der Waals surface area (Å²) in [7, 11) is 0. The second kappa shape index (κ2) is 7.44. The van der Waals surface area contributed by atoms with E-state index in [0.717, 1.165) is 23.0 Å². The van der Waals surface area contributed by atoms with Crippen LogP contribution in [0.25, 0.3) is 0 Å². The number of carbonyl (C=O) groups excluding carboxylic acids is 1. The van der Waals surface area contributed by atoms with Crippen LogP contribution in [0.4, 0.5) is 5.69 Å². The lowest BCUT2D eigenvalue weighted by molar-refractivity contribution is -0.113. The average molecular weight is 356 g/mol. The monoisotopic (exact) mass is 355 g/mol. The van der Waals surface area contributed by atoms with E-state index in [-0.39, 0.29) is 11.7 Å². The minimum absolute atomic E-state index is 0.104. The van der Waals surface area contributed by atoms with Gasteiger partial charge in [0, 0.05) is 16.6 Å². The lowest BCUT2D eigenvalue weighted by Gasteiger charge is -2.03. The summed E-state index contributed by atoms with van der Waals surface area (Å²) in [6, 6.07) is 7.41. The molecule has 1 N–H and O–H groups in total. The van der Waals surface area contributed by atoms with Crippen molar-refractivity contribution in [2.45, 2.75) is 25.0 Å². The number of anilines is 1. The molecule has 0 aliphatic rings. The Hall–Kier alpha value is -1.34. The number of hydrogen-bond donors (Lipinski definition) is 1. The van der Waals surface area contributed by atoms with Crippen LogP contribution in [-0.4, -0.2) is 21.9 Å². The number of carbonyl (C=O) groups is 1. The molecule has 0 atom stereocenters. The molecule has 0 aliphatic carbocycles. The Morgan fingerprint density at radius 3 is 2.80 bits per heavy atom. The smallest absolute Gasteiger partial charge is 0.277 e. The van der Waals surface area contributed by atoms with Crippen LogP contribution in [-0.2, 0) is 11.2 Å². The van der Waals surface area contributed by atoms with E-state index < -0.39 is 0 Å². The van der Waals surface area contributed by atoms with Gasteiger partial charge in [0.2, 0.25) is 11.8 Å². The third-order valence-corrected chi connectivity index (χ3v) is 3.71. The fourth-order valence-corrected chi connectivity index (χ4v) is 2.31. The number of nitrogens with one attached hydrogen (secondary N) is 1. The van der Waals surface area contributed by atoms with Crippen LogP contribution in [0, 0.1) is 0 Å². The van der Waals surface area contributed by atoms with Gasteiger partial charge < -0.3 is 9.73 Å². The van der Waals surface area contributed by atoms with E-state index in [0.29, 0.717) is 11.1 Å². The summed E-state index contributed by atoms with van der Waals surface area (Å²) in [5, 5.41) is 11.0. The van der Waals surface area contributed by atoms with Crippen LogP contribution >= 0.6 is 27.7 Å². The third-order valence-electron chi connectivity index (χ3n) is 2.37. The molecule has 1 aromatic heterocycles. The molecule has 0 fully saturated rings. The second-order valence-electron chi connectivity index (χ2n) is 4.06. The van der Waals surface area contributed by atoms with Gasteiger partial charge in [0.05, 0.1) is 5.75 Å². The molecule has 1 heterocycles. The van der Waals surface area contributed by atoms with Gasteiger partial charge in [-0.3, -0.25) is 4.79 Å². The normalized spacial score (nSPS) is 10.5. The molecule has 5 nitrogen and oxygen atoms in total. The Morgan fingerprint density at radius 1 is 1.35 bits per heavy atom. The van der Waals surface area contributed by atoms with E-state index in [1.165, 1.54) is 11.8 Å². The number of aryl methyl sites for hydroxylation is 1. The summed E-state index contributed by atoms with van der Waals surface area (Å²) in [5.74, 6) is 0.750. The Morgan fingerprint density at radius 2 is 2.10 bits per heavy atom. The van der Waals surface area contributed by atoms with Crippen LogP contribution in [0.3, 0.4) is 0 Å². The molecular formula is C13H14BrN3O2S. The van der Waals surface area contributed by atoms with Gasteiger partial charge >= 0.3 is 0 Å². The molecule has 0 aliphatic heterocycles. The van der Waals surface area contributed by atoms with Gasteiger partial charge in [-0.25, -0.2) is 0 Å². The van der Waals surface area contributed by atoms with Gasteiger partial charge in [-0.05, 0) is 30.7 Å². The van der Waals surface area contributed by atoms with E-state index in [1.807, 2.05) is 31.2 Å². The SMILES string of the molecule is CCCc1nnc(SCC(=O)Nc2ccc(Br)cc2)o1. The first-order valence-electron chi connectivity index (χ1n) is 6.18. The summed E-state index contributed by atoms with van der Waals surface area (Å²) in [6.45, 7) is 2.04. The van der Waals surface area contributed by atoms with Crippen molar-refractivity contribution in [2.75, 3.05) is 11.1 Å². The zero-order valence-corrected chi connectivity index (χ0v) is 13.3. The van der Waals surface area contributed by atoms with Crippen molar-refractivity contribution in [3.63, 3.8) is 0 Å². The number of benzene rings is 1. The predicted octanol–water partition coefficient (Wildman–Crippen LogP) is 3.52. The van der Waals surface area contributed by atoms with Crippen molar-refractivity contribution in [1.82, 2.24) is 10.2 Å². The average Bonchev–Trinajstić information content (AvgIpc) is 2.87. The summed E-state index contributed by atoms with van der Waals surface area (Å²) in [6.07, 6.45) is 1.72. The topological polar surface area (TPSA) is 68.0 Å². The quantitative estimate of drug-likeness (QED) is 0.803. The molecule has 20 heavy (non-hydrogen) atoms. The summed E-state index contributed by atoms with van der Waals surface area (Å²) < 4.78 is 6.37. The fourth-order valence-electron chi connectivity index (χ4n) is 1.47. The predicted molar refractivity (Wildman–Crippen MR) is 81.8 cm³/mol. The second-order valence-corrected chi connectivity index (χ2v) is 5.90. The molecule has 7 heteroatoms. The minimum atomic E-state index is -0.104. The lowest BCUT2D eigenvalue weighted by Crippen LogP contribution is -2.13. The molecule has 2 aromatic rings. The largest absolute Gasteiger partial charge is 0.416 e. The molecule has 1 amide bonds. The van der Waals surface area contributed by atoms with Gasteiger partial charge in [-0.1, -0.05) is 34.6 Å². The molecular weight excluding hydrogens is 342 g/mol. The first-order chi connectivity index (χ1) is 9.67. The van der Waals surface area contributed by atoms with Crippen molar-refractivity contribution in [3.05, 3.63) is 34.6 Å². The zero-order chi connectivity index (χ0) is 14.4. The Labute approximate surface area is 129 Å². The number of halogens is 1. The Kier molecular flexibility index (Phi) is 5.60. The number of nitrogens with zero attached hydrogens (tertiary/aromatic N) is 2. The van der Waals surface area contributed by atoms with Gasteiger partial charge in [-0.15, -0.1) is 10.2 Å². The number of thioether (sulfide) groups is 1. The number of aromatic nitrogens is 2. The summed E-state index contributed by atoms with van der Waals surface area (Å²) in [5.41, 5.74) is 0.760. The molecule has 2 rings (SSSR count). The Bertz CT molecular complexity index is 571. The maximum absolute atomic E-state index is 11.8. The molecule has 1 aromatic carbocycles. The first-order valence-corrected chi connectivity index (χ1v) is 7.96. The number of amides is 1. The van der Waals surface area contributed by atoms with Crippen LogP contribution in [0.15, 0.2) is 38.4 Å². The molecule has 0 bridgehead atoms. The maximum atomic E-state index is 11.8. The van der Waals surface area contributed by atoms with Crippen LogP contribution in [0.5, 0.6) is 0 Å². The maximum Gasteiger partial charge on any atom is 0.277 e. The highest BCUT2D eigenvalue weighted by molar-refractivity contribution is 9.10. The van der Waals surface area contributed by atoms with E-state index in [4.69, 9.17) is 4.42 Å². The molecule has 0 unspecified atom stereocenters. The molecule has 0 saturated carbocycles. The minimum Gasteiger partial charge on any atom is -0.416 e. The molecule has 0 spiro atoms. The van der Waals surface area contributed by atoms with E-state index in [1.54, 1.807) is 0 Å².